The summed E-state index contributed by atoms with van der Waals surface area (Å²) in [5.41, 5.74) is 0. The number of halogens is 1. The summed E-state index contributed by atoms with van der Waals surface area (Å²) in [4.78, 5) is 0. The highest BCUT2D eigenvalue weighted by Crippen LogP contribution is 2.14. The van der Waals surface area contributed by atoms with Gasteiger partial charge in [0.1, 0.15) is 0 Å². The molecule has 0 heterocycles. The van der Waals surface area contributed by atoms with E-state index in [0.29, 0.717) is 0 Å². The van der Waals surface area contributed by atoms with E-state index in [2.05, 4.69) is 29.5 Å². The molecule has 27 heavy (non-hydrogen) atoms. The van der Waals surface area contributed by atoms with Crippen LogP contribution >= 0.6 is 22.6 Å². The van der Waals surface area contributed by atoms with Gasteiger partial charge in [0, 0.05) is 17.6 Å². The van der Waals surface area contributed by atoms with Crippen molar-refractivity contribution < 1.29 is 4.74 Å². The van der Waals surface area contributed by atoms with Gasteiger partial charge < -0.3 is 4.74 Å². The lowest BCUT2D eigenvalue weighted by molar-refractivity contribution is 0.131. The van der Waals surface area contributed by atoms with Gasteiger partial charge in [0.05, 0.1) is 0 Å². The molecule has 0 spiro atoms. The maximum Gasteiger partial charge on any atom is 0.0473 e. The highest BCUT2D eigenvalue weighted by atomic mass is 127. The maximum atomic E-state index is 5.61. The third-order valence-corrected chi connectivity index (χ3v) is 6.33. The molecule has 0 aliphatic heterocycles. The Hall–Kier alpha value is 0.690. The molecule has 0 aliphatic carbocycles. The predicted octanol–water partition coefficient (Wildman–Crippen LogP) is 9.65. The lowest BCUT2D eigenvalue weighted by Gasteiger charge is -2.04. The van der Waals surface area contributed by atoms with E-state index >= 15 is 0 Å². The van der Waals surface area contributed by atoms with Gasteiger partial charge in [-0.25, -0.2) is 0 Å². The van der Waals surface area contributed by atoms with Crippen molar-refractivity contribution in [3.8, 4) is 0 Å². The van der Waals surface area contributed by atoms with E-state index in [9.17, 15) is 0 Å². The average Bonchev–Trinajstić information content (AvgIpc) is 2.68. The van der Waals surface area contributed by atoms with Crippen molar-refractivity contribution in [3.63, 3.8) is 0 Å². The fraction of sp³-hybridized carbons (Fsp3) is 1.00. The van der Waals surface area contributed by atoms with Crippen molar-refractivity contribution in [2.45, 2.75) is 142 Å². The Labute approximate surface area is 186 Å². The van der Waals surface area contributed by atoms with Gasteiger partial charge in [0.15, 0.2) is 0 Å². The van der Waals surface area contributed by atoms with Crippen molar-refractivity contribution >= 4 is 22.6 Å². The zero-order valence-corrected chi connectivity index (χ0v) is 20.9. The SMILES string of the molecule is CCCCCCCCCCCCCCCCCCCCCCOCCCI. The third-order valence-electron chi connectivity index (χ3n) is 5.56. The molecule has 0 atom stereocenters. The molecular formula is C25H51IO. The minimum absolute atomic E-state index is 0.960. The Balaban J connectivity index is 2.95. The Morgan fingerprint density at radius 2 is 0.704 bits per heavy atom. The largest absolute Gasteiger partial charge is 0.381 e. The Morgan fingerprint density at radius 3 is 1.04 bits per heavy atom. The van der Waals surface area contributed by atoms with Gasteiger partial charge in [0.2, 0.25) is 0 Å². The van der Waals surface area contributed by atoms with Crippen molar-refractivity contribution in [3.05, 3.63) is 0 Å². The first kappa shape index (κ1) is 27.7. The van der Waals surface area contributed by atoms with Gasteiger partial charge in [-0.15, -0.1) is 0 Å². The molecule has 0 aromatic heterocycles. The van der Waals surface area contributed by atoms with Gasteiger partial charge in [0.25, 0.3) is 0 Å². The normalized spacial score (nSPS) is 11.3. The average molecular weight is 495 g/mol. The molecule has 0 fully saturated rings. The molecule has 0 aromatic carbocycles. The van der Waals surface area contributed by atoms with Gasteiger partial charge >= 0.3 is 0 Å². The number of rotatable bonds is 24. The summed E-state index contributed by atoms with van der Waals surface area (Å²) in [6, 6.07) is 0. The smallest absolute Gasteiger partial charge is 0.0473 e. The van der Waals surface area contributed by atoms with Gasteiger partial charge in [-0.3, -0.25) is 0 Å². The number of alkyl halides is 1. The summed E-state index contributed by atoms with van der Waals surface area (Å²) in [5, 5.41) is 0. The molecule has 0 saturated carbocycles. The number of ether oxygens (including phenoxy) is 1. The quantitative estimate of drug-likeness (QED) is 0.0737. The number of hydrogen-bond donors (Lipinski definition) is 0. The molecule has 1 nitrogen and oxygen atoms in total. The molecule has 0 radical (unpaired) electrons. The molecule has 0 bridgehead atoms. The third kappa shape index (κ3) is 26.7. The molecule has 0 unspecified atom stereocenters. The summed E-state index contributed by atoms with van der Waals surface area (Å²) in [6.45, 7) is 4.24. The summed E-state index contributed by atoms with van der Waals surface area (Å²) in [7, 11) is 0. The Kier molecular flexibility index (Phi) is 27.4. The van der Waals surface area contributed by atoms with Crippen molar-refractivity contribution in [1.82, 2.24) is 0 Å². The minimum Gasteiger partial charge on any atom is -0.381 e. The summed E-state index contributed by atoms with van der Waals surface area (Å²) in [6.07, 6.45) is 30.1. The van der Waals surface area contributed by atoms with E-state index in [1.165, 1.54) is 139 Å². The van der Waals surface area contributed by atoms with Crippen molar-refractivity contribution in [1.29, 1.82) is 0 Å². The molecule has 0 saturated heterocycles. The number of hydrogen-bond acceptors (Lipinski definition) is 1. The van der Waals surface area contributed by atoms with Crippen LogP contribution in [0.3, 0.4) is 0 Å². The second kappa shape index (κ2) is 26.7. The van der Waals surface area contributed by atoms with Crippen LogP contribution in [0.5, 0.6) is 0 Å². The van der Waals surface area contributed by atoms with E-state index in [1.807, 2.05) is 0 Å². The van der Waals surface area contributed by atoms with Gasteiger partial charge in [-0.05, 0) is 12.8 Å². The molecule has 0 aromatic rings. The standard InChI is InChI=1S/C25H51IO/c1-2-3-4-5-6-7-8-9-10-11-12-13-14-15-16-17-18-19-20-21-24-27-25-22-23-26/h2-25H2,1H3. The van der Waals surface area contributed by atoms with Crippen LogP contribution in [0.1, 0.15) is 142 Å². The monoisotopic (exact) mass is 494 g/mol. The van der Waals surface area contributed by atoms with Crippen LogP contribution in [0.2, 0.25) is 0 Å². The van der Waals surface area contributed by atoms with Crippen LogP contribution in [-0.4, -0.2) is 17.6 Å². The predicted molar refractivity (Wildman–Crippen MR) is 132 cm³/mol. The van der Waals surface area contributed by atoms with Crippen LogP contribution in [0.4, 0.5) is 0 Å². The van der Waals surface area contributed by atoms with E-state index in [0.717, 1.165) is 13.2 Å². The van der Waals surface area contributed by atoms with Crippen LogP contribution in [-0.2, 0) is 4.74 Å². The summed E-state index contributed by atoms with van der Waals surface area (Å²) < 4.78 is 6.83. The highest BCUT2D eigenvalue weighted by molar-refractivity contribution is 14.1. The maximum absolute atomic E-state index is 5.61. The minimum atomic E-state index is 0.960. The van der Waals surface area contributed by atoms with E-state index in [1.54, 1.807) is 0 Å². The second-order valence-corrected chi connectivity index (χ2v) is 9.45. The summed E-state index contributed by atoms with van der Waals surface area (Å²) in [5.74, 6) is 0. The lowest BCUT2D eigenvalue weighted by Crippen LogP contribution is -1.97. The first-order valence-electron chi connectivity index (χ1n) is 12.6. The zero-order valence-electron chi connectivity index (χ0n) is 18.8. The van der Waals surface area contributed by atoms with Crippen LogP contribution in [0.25, 0.3) is 0 Å². The Morgan fingerprint density at radius 1 is 0.407 bits per heavy atom. The zero-order chi connectivity index (χ0) is 19.7. The fourth-order valence-corrected chi connectivity index (χ4v) is 4.03. The van der Waals surface area contributed by atoms with Crippen molar-refractivity contribution in [2.75, 3.05) is 17.6 Å². The van der Waals surface area contributed by atoms with E-state index in [-0.39, 0.29) is 0 Å². The van der Waals surface area contributed by atoms with E-state index in [4.69, 9.17) is 4.74 Å². The fourth-order valence-electron chi connectivity index (χ4n) is 3.72. The molecule has 2 heteroatoms. The van der Waals surface area contributed by atoms with Crippen molar-refractivity contribution in [2.24, 2.45) is 0 Å². The summed E-state index contributed by atoms with van der Waals surface area (Å²) >= 11 is 2.42. The van der Waals surface area contributed by atoms with Gasteiger partial charge in [-0.2, -0.15) is 0 Å². The molecule has 0 rings (SSSR count). The van der Waals surface area contributed by atoms with Gasteiger partial charge in [-0.1, -0.05) is 152 Å². The van der Waals surface area contributed by atoms with Crippen LogP contribution in [0.15, 0.2) is 0 Å². The molecule has 164 valence electrons. The first-order valence-corrected chi connectivity index (χ1v) is 14.1. The second-order valence-electron chi connectivity index (χ2n) is 8.37. The first-order chi connectivity index (χ1) is 13.4. The highest BCUT2D eigenvalue weighted by Gasteiger charge is 1.95. The number of unbranched alkanes of at least 4 members (excludes halogenated alkanes) is 19. The topological polar surface area (TPSA) is 9.23 Å². The molecule has 0 aliphatic rings. The molecule has 0 amide bonds. The molecular weight excluding hydrogens is 443 g/mol. The molecule has 0 N–H and O–H groups in total. The van der Waals surface area contributed by atoms with E-state index < -0.39 is 0 Å². The van der Waals surface area contributed by atoms with Crippen LogP contribution < -0.4 is 0 Å². The van der Waals surface area contributed by atoms with Crippen LogP contribution in [0, 0.1) is 0 Å². The lowest BCUT2D eigenvalue weighted by atomic mass is 10.0. The Bertz CT molecular complexity index is 220.